The highest BCUT2D eigenvalue weighted by molar-refractivity contribution is 5.76. The minimum Gasteiger partial charge on any atom is -0.354 e. The minimum absolute atomic E-state index is 0.162. The second kappa shape index (κ2) is 7.91. The van der Waals surface area contributed by atoms with Gasteiger partial charge in [0.15, 0.2) is 0 Å². The standard InChI is InChI=1S/C16H25NO/c1-13(2)9-10-14(3)17-16(18)12-11-15-7-5-4-6-8-15/h4-8,13-14H,9-12H2,1-3H3,(H,17,18). The first-order chi connectivity index (χ1) is 8.58. The van der Waals surface area contributed by atoms with E-state index >= 15 is 0 Å². The van der Waals surface area contributed by atoms with E-state index in [1.165, 1.54) is 12.0 Å². The van der Waals surface area contributed by atoms with Crippen LogP contribution in [-0.4, -0.2) is 11.9 Å². The first kappa shape index (κ1) is 14.7. The normalized spacial score (nSPS) is 12.4. The third-order valence-electron chi connectivity index (χ3n) is 3.07. The van der Waals surface area contributed by atoms with Gasteiger partial charge < -0.3 is 5.32 Å². The Morgan fingerprint density at radius 2 is 1.78 bits per heavy atom. The van der Waals surface area contributed by atoms with E-state index in [0.29, 0.717) is 12.3 Å². The molecular weight excluding hydrogens is 222 g/mol. The summed E-state index contributed by atoms with van der Waals surface area (Å²) in [5, 5.41) is 3.07. The van der Waals surface area contributed by atoms with Gasteiger partial charge in [-0.15, -0.1) is 0 Å². The molecule has 100 valence electrons. The maximum absolute atomic E-state index is 11.8. The van der Waals surface area contributed by atoms with Crippen molar-refractivity contribution in [1.29, 1.82) is 0 Å². The molecule has 0 spiro atoms. The van der Waals surface area contributed by atoms with E-state index in [0.717, 1.165) is 12.8 Å². The zero-order chi connectivity index (χ0) is 13.4. The van der Waals surface area contributed by atoms with E-state index in [-0.39, 0.29) is 11.9 Å². The van der Waals surface area contributed by atoms with E-state index in [1.54, 1.807) is 0 Å². The quantitative estimate of drug-likeness (QED) is 0.784. The van der Waals surface area contributed by atoms with Crippen molar-refractivity contribution in [3.05, 3.63) is 35.9 Å². The molecule has 1 unspecified atom stereocenters. The summed E-state index contributed by atoms with van der Waals surface area (Å²) in [6.45, 7) is 6.51. The number of carbonyl (C=O) groups excluding carboxylic acids is 1. The number of amides is 1. The van der Waals surface area contributed by atoms with Crippen LogP contribution in [0.4, 0.5) is 0 Å². The van der Waals surface area contributed by atoms with Crippen LogP contribution in [0.5, 0.6) is 0 Å². The van der Waals surface area contributed by atoms with Crippen LogP contribution in [0.25, 0.3) is 0 Å². The molecule has 1 atom stereocenters. The largest absolute Gasteiger partial charge is 0.354 e. The van der Waals surface area contributed by atoms with Gasteiger partial charge in [-0.1, -0.05) is 44.2 Å². The summed E-state index contributed by atoms with van der Waals surface area (Å²) >= 11 is 0. The van der Waals surface area contributed by atoms with E-state index < -0.39 is 0 Å². The molecule has 18 heavy (non-hydrogen) atoms. The molecule has 0 fully saturated rings. The average Bonchev–Trinajstić information content (AvgIpc) is 2.35. The van der Waals surface area contributed by atoms with Gasteiger partial charge in [0.2, 0.25) is 5.91 Å². The number of aryl methyl sites for hydroxylation is 1. The molecule has 0 bridgehead atoms. The summed E-state index contributed by atoms with van der Waals surface area (Å²) < 4.78 is 0. The topological polar surface area (TPSA) is 29.1 Å². The minimum atomic E-state index is 0.162. The summed E-state index contributed by atoms with van der Waals surface area (Å²) in [5.74, 6) is 0.865. The van der Waals surface area contributed by atoms with Crippen molar-refractivity contribution < 1.29 is 4.79 Å². The van der Waals surface area contributed by atoms with E-state index in [1.807, 2.05) is 18.2 Å². The van der Waals surface area contributed by atoms with Gasteiger partial charge in [0.25, 0.3) is 0 Å². The van der Waals surface area contributed by atoms with Crippen molar-refractivity contribution in [2.75, 3.05) is 0 Å². The second-order valence-electron chi connectivity index (χ2n) is 5.43. The van der Waals surface area contributed by atoms with E-state index in [4.69, 9.17) is 0 Å². The second-order valence-corrected chi connectivity index (χ2v) is 5.43. The molecule has 0 aliphatic carbocycles. The zero-order valence-corrected chi connectivity index (χ0v) is 11.8. The molecule has 0 aliphatic heterocycles. The van der Waals surface area contributed by atoms with Crippen LogP contribution in [0.3, 0.4) is 0 Å². The van der Waals surface area contributed by atoms with Crippen LogP contribution in [0.2, 0.25) is 0 Å². The molecule has 0 radical (unpaired) electrons. The average molecular weight is 247 g/mol. The molecule has 2 nitrogen and oxygen atoms in total. The predicted octanol–water partition coefficient (Wildman–Crippen LogP) is 3.56. The van der Waals surface area contributed by atoms with Crippen molar-refractivity contribution in [3.63, 3.8) is 0 Å². The lowest BCUT2D eigenvalue weighted by molar-refractivity contribution is -0.121. The lowest BCUT2D eigenvalue weighted by Gasteiger charge is -2.15. The van der Waals surface area contributed by atoms with E-state index in [9.17, 15) is 4.79 Å². The number of hydrogen-bond donors (Lipinski definition) is 1. The molecule has 0 aliphatic rings. The van der Waals surface area contributed by atoms with Crippen LogP contribution in [-0.2, 0) is 11.2 Å². The van der Waals surface area contributed by atoms with Crippen molar-refractivity contribution >= 4 is 5.91 Å². The monoisotopic (exact) mass is 247 g/mol. The first-order valence-electron chi connectivity index (χ1n) is 6.91. The molecular formula is C16H25NO. The molecule has 1 N–H and O–H groups in total. The summed E-state index contributed by atoms with van der Waals surface area (Å²) in [6.07, 6.45) is 3.63. The maximum Gasteiger partial charge on any atom is 0.220 e. The number of nitrogens with one attached hydrogen (secondary N) is 1. The van der Waals surface area contributed by atoms with Gasteiger partial charge in [-0.05, 0) is 37.7 Å². The number of rotatable bonds is 7. The Hall–Kier alpha value is -1.31. The van der Waals surface area contributed by atoms with Gasteiger partial charge in [0.1, 0.15) is 0 Å². The summed E-state index contributed by atoms with van der Waals surface area (Å²) in [7, 11) is 0. The Labute approximate surface area is 111 Å². The molecule has 1 aromatic carbocycles. The summed E-state index contributed by atoms with van der Waals surface area (Å²) in [6, 6.07) is 10.4. The Balaban J connectivity index is 2.21. The highest BCUT2D eigenvalue weighted by atomic mass is 16.1. The summed E-state index contributed by atoms with van der Waals surface area (Å²) in [4.78, 5) is 11.8. The highest BCUT2D eigenvalue weighted by Crippen LogP contribution is 2.07. The van der Waals surface area contributed by atoms with Crippen LogP contribution < -0.4 is 5.32 Å². The fourth-order valence-corrected chi connectivity index (χ4v) is 1.91. The molecule has 1 aromatic rings. The molecule has 1 amide bonds. The molecule has 0 aromatic heterocycles. The molecule has 0 saturated carbocycles. The molecule has 0 saturated heterocycles. The van der Waals surface area contributed by atoms with Crippen LogP contribution in [0.1, 0.15) is 45.6 Å². The van der Waals surface area contributed by atoms with Gasteiger partial charge in [0, 0.05) is 12.5 Å². The lowest BCUT2D eigenvalue weighted by Crippen LogP contribution is -2.32. The number of hydrogen-bond acceptors (Lipinski definition) is 1. The van der Waals surface area contributed by atoms with E-state index in [2.05, 4.69) is 38.2 Å². The van der Waals surface area contributed by atoms with Crippen molar-refractivity contribution in [1.82, 2.24) is 5.32 Å². The molecule has 2 heteroatoms. The Morgan fingerprint density at radius 1 is 1.11 bits per heavy atom. The third kappa shape index (κ3) is 6.43. The SMILES string of the molecule is CC(C)CCC(C)NC(=O)CCc1ccccc1. The third-order valence-corrected chi connectivity index (χ3v) is 3.07. The fraction of sp³-hybridized carbons (Fsp3) is 0.562. The maximum atomic E-state index is 11.8. The summed E-state index contributed by atoms with van der Waals surface area (Å²) in [5.41, 5.74) is 1.22. The van der Waals surface area contributed by atoms with Gasteiger partial charge in [-0.2, -0.15) is 0 Å². The Bertz CT molecular complexity index is 345. The predicted molar refractivity (Wildman–Crippen MR) is 76.4 cm³/mol. The van der Waals surface area contributed by atoms with Crippen LogP contribution >= 0.6 is 0 Å². The van der Waals surface area contributed by atoms with Crippen molar-refractivity contribution in [3.8, 4) is 0 Å². The van der Waals surface area contributed by atoms with Gasteiger partial charge in [-0.3, -0.25) is 4.79 Å². The molecule has 1 rings (SSSR count). The van der Waals surface area contributed by atoms with Crippen LogP contribution in [0.15, 0.2) is 30.3 Å². The van der Waals surface area contributed by atoms with Crippen molar-refractivity contribution in [2.24, 2.45) is 5.92 Å². The number of carbonyl (C=O) groups is 1. The smallest absolute Gasteiger partial charge is 0.220 e. The highest BCUT2D eigenvalue weighted by Gasteiger charge is 2.08. The fourth-order valence-electron chi connectivity index (χ4n) is 1.91. The van der Waals surface area contributed by atoms with Gasteiger partial charge in [0.05, 0.1) is 0 Å². The van der Waals surface area contributed by atoms with Gasteiger partial charge in [-0.25, -0.2) is 0 Å². The lowest BCUT2D eigenvalue weighted by atomic mass is 10.0. The van der Waals surface area contributed by atoms with Crippen molar-refractivity contribution in [2.45, 2.75) is 52.5 Å². The Morgan fingerprint density at radius 3 is 2.39 bits per heavy atom. The molecule has 0 heterocycles. The van der Waals surface area contributed by atoms with Gasteiger partial charge >= 0.3 is 0 Å². The number of benzene rings is 1. The van der Waals surface area contributed by atoms with Crippen LogP contribution in [0, 0.1) is 5.92 Å². The zero-order valence-electron chi connectivity index (χ0n) is 11.8. The Kier molecular flexibility index (Phi) is 6.48. The first-order valence-corrected chi connectivity index (χ1v) is 6.91.